The molecule has 6 heteroatoms. The summed E-state index contributed by atoms with van der Waals surface area (Å²) in [4.78, 5) is 17.5. The van der Waals surface area contributed by atoms with E-state index in [0.29, 0.717) is 16.5 Å². The maximum atomic E-state index is 13.1. The predicted octanol–water partition coefficient (Wildman–Crippen LogP) is 5.31. The molecular formula is C22H18N2O3S. The van der Waals surface area contributed by atoms with Crippen molar-refractivity contribution in [3.8, 4) is 5.75 Å². The van der Waals surface area contributed by atoms with Crippen LogP contribution >= 0.6 is 11.8 Å². The third kappa shape index (κ3) is 4.02. The van der Waals surface area contributed by atoms with Crippen LogP contribution in [0, 0.1) is 0 Å². The number of hydrogen-bond donors (Lipinski definition) is 1. The number of benzene rings is 3. The quantitative estimate of drug-likeness (QED) is 0.452. The van der Waals surface area contributed by atoms with E-state index in [1.165, 1.54) is 11.8 Å². The van der Waals surface area contributed by atoms with Crippen LogP contribution < -0.4 is 10.1 Å². The molecule has 0 aliphatic heterocycles. The van der Waals surface area contributed by atoms with Crippen LogP contribution in [0.5, 0.6) is 5.75 Å². The molecule has 1 N–H and O–H groups in total. The van der Waals surface area contributed by atoms with Crippen molar-refractivity contribution in [2.75, 3.05) is 12.4 Å². The van der Waals surface area contributed by atoms with Gasteiger partial charge in [-0.3, -0.25) is 4.79 Å². The molecule has 0 aliphatic rings. The Bertz CT molecular complexity index is 1040. The normalized spacial score (nSPS) is 11.9. The SMILES string of the molecule is COc1ccc(NC(=O)C(Sc2nc3ccccc3o2)c2ccccc2)cc1. The van der Waals surface area contributed by atoms with Gasteiger partial charge in [-0.2, -0.15) is 0 Å². The second-order valence-corrected chi connectivity index (χ2v) is 7.13. The van der Waals surface area contributed by atoms with E-state index in [-0.39, 0.29) is 5.91 Å². The number of oxazole rings is 1. The van der Waals surface area contributed by atoms with E-state index < -0.39 is 5.25 Å². The number of anilines is 1. The fourth-order valence-corrected chi connectivity index (χ4v) is 3.73. The highest BCUT2D eigenvalue weighted by Gasteiger charge is 2.24. The van der Waals surface area contributed by atoms with Crippen molar-refractivity contribution in [3.63, 3.8) is 0 Å². The minimum Gasteiger partial charge on any atom is -0.497 e. The van der Waals surface area contributed by atoms with Gasteiger partial charge in [0.25, 0.3) is 5.22 Å². The van der Waals surface area contributed by atoms with Crippen molar-refractivity contribution in [1.82, 2.24) is 4.98 Å². The molecule has 5 nitrogen and oxygen atoms in total. The van der Waals surface area contributed by atoms with Gasteiger partial charge in [-0.05, 0) is 53.7 Å². The molecule has 4 rings (SSSR count). The first-order chi connectivity index (χ1) is 13.7. The first-order valence-electron chi connectivity index (χ1n) is 8.75. The van der Waals surface area contributed by atoms with Gasteiger partial charge >= 0.3 is 0 Å². The number of hydrogen-bond acceptors (Lipinski definition) is 5. The molecule has 1 amide bonds. The largest absolute Gasteiger partial charge is 0.497 e. The average Bonchev–Trinajstić information content (AvgIpc) is 3.16. The molecule has 0 saturated heterocycles. The number of carbonyl (C=O) groups is 1. The summed E-state index contributed by atoms with van der Waals surface area (Å²) in [6, 6.07) is 24.4. The van der Waals surface area contributed by atoms with Crippen LogP contribution in [0.4, 0.5) is 5.69 Å². The minimum atomic E-state index is -0.503. The Kier molecular flexibility index (Phi) is 5.30. The van der Waals surface area contributed by atoms with E-state index in [1.54, 1.807) is 19.2 Å². The number of carbonyl (C=O) groups excluding carboxylic acids is 1. The van der Waals surface area contributed by atoms with Gasteiger partial charge in [0.15, 0.2) is 5.58 Å². The molecule has 28 heavy (non-hydrogen) atoms. The van der Waals surface area contributed by atoms with Crippen LogP contribution in [0.3, 0.4) is 0 Å². The van der Waals surface area contributed by atoms with Gasteiger partial charge in [0.05, 0.1) is 7.11 Å². The van der Waals surface area contributed by atoms with Crippen LogP contribution in [-0.4, -0.2) is 18.0 Å². The molecule has 0 radical (unpaired) electrons. The van der Waals surface area contributed by atoms with E-state index >= 15 is 0 Å². The first-order valence-corrected chi connectivity index (χ1v) is 9.63. The van der Waals surface area contributed by atoms with Gasteiger partial charge in [-0.1, -0.05) is 42.5 Å². The van der Waals surface area contributed by atoms with E-state index in [2.05, 4.69) is 10.3 Å². The maximum Gasteiger partial charge on any atom is 0.257 e. The summed E-state index contributed by atoms with van der Waals surface area (Å²) >= 11 is 1.29. The second kappa shape index (κ2) is 8.19. The van der Waals surface area contributed by atoms with Crippen molar-refractivity contribution in [2.45, 2.75) is 10.5 Å². The number of rotatable bonds is 6. The number of aromatic nitrogens is 1. The number of ether oxygens (including phenoxy) is 1. The van der Waals surface area contributed by atoms with Crippen molar-refractivity contribution in [1.29, 1.82) is 0 Å². The van der Waals surface area contributed by atoms with Gasteiger partial charge < -0.3 is 14.5 Å². The Morgan fingerprint density at radius 2 is 1.71 bits per heavy atom. The van der Waals surface area contributed by atoms with Crippen molar-refractivity contribution in [2.24, 2.45) is 0 Å². The van der Waals surface area contributed by atoms with Crippen LogP contribution in [0.1, 0.15) is 10.8 Å². The second-order valence-electron chi connectivity index (χ2n) is 6.07. The highest BCUT2D eigenvalue weighted by atomic mass is 32.2. The Morgan fingerprint density at radius 1 is 1.00 bits per heavy atom. The van der Waals surface area contributed by atoms with Gasteiger partial charge in [-0.15, -0.1) is 0 Å². The van der Waals surface area contributed by atoms with Crippen molar-refractivity contribution < 1.29 is 13.9 Å². The smallest absolute Gasteiger partial charge is 0.257 e. The Hall–Kier alpha value is -3.25. The zero-order valence-corrected chi connectivity index (χ0v) is 16.0. The summed E-state index contributed by atoms with van der Waals surface area (Å²) < 4.78 is 11.0. The molecule has 4 aromatic rings. The molecule has 0 aliphatic carbocycles. The Morgan fingerprint density at radius 3 is 2.43 bits per heavy atom. The van der Waals surface area contributed by atoms with Crippen LogP contribution in [0.15, 0.2) is 88.5 Å². The van der Waals surface area contributed by atoms with E-state index in [1.807, 2.05) is 66.7 Å². The average molecular weight is 390 g/mol. The van der Waals surface area contributed by atoms with E-state index in [9.17, 15) is 4.79 Å². The summed E-state index contributed by atoms with van der Waals surface area (Å²) in [6.45, 7) is 0. The fourth-order valence-electron chi connectivity index (χ4n) is 2.79. The number of amides is 1. The van der Waals surface area contributed by atoms with E-state index in [0.717, 1.165) is 16.8 Å². The van der Waals surface area contributed by atoms with Gasteiger partial charge in [0.2, 0.25) is 5.91 Å². The summed E-state index contributed by atoms with van der Waals surface area (Å²) in [7, 11) is 1.61. The third-order valence-electron chi connectivity index (χ3n) is 4.19. The topological polar surface area (TPSA) is 64.4 Å². The molecule has 3 aromatic carbocycles. The highest BCUT2D eigenvalue weighted by Crippen LogP contribution is 2.37. The van der Waals surface area contributed by atoms with Gasteiger partial charge in [-0.25, -0.2) is 4.98 Å². The lowest BCUT2D eigenvalue weighted by molar-refractivity contribution is -0.115. The number of para-hydroxylation sites is 2. The highest BCUT2D eigenvalue weighted by molar-refractivity contribution is 8.00. The van der Waals surface area contributed by atoms with Crippen LogP contribution in [0.25, 0.3) is 11.1 Å². The summed E-state index contributed by atoms with van der Waals surface area (Å²) in [5, 5.41) is 2.92. The first kappa shape index (κ1) is 18.1. The van der Waals surface area contributed by atoms with Crippen molar-refractivity contribution >= 4 is 34.5 Å². The molecule has 0 saturated carbocycles. The third-order valence-corrected chi connectivity index (χ3v) is 5.29. The Balaban J connectivity index is 1.60. The summed E-state index contributed by atoms with van der Waals surface area (Å²) in [6.07, 6.45) is 0. The molecule has 0 fully saturated rings. The number of nitrogens with zero attached hydrogens (tertiary/aromatic N) is 1. The van der Waals surface area contributed by atoms with Crippen LogP contribution in [-0.2, 0) is 4.79 Å². The summed E-state index contributed by atoms with van der Waals surface area (Å²) in [5.41, 5.74) is 3.05. The molecular weight excluding hydrogens is 372 g/mol. The molecule has 140 valence electrons. The monoisotopic (exact) mass is 390 g/mol. The molecule has 1 heterocycles. The Labute approximate surface area is 166 Å². The summed E-state index contributed by atoms with van der Waals surface area (Å²) in [5.74, 6) is 0.585. The fraction of sp³-hybridized carbons (Fsp3) is 0.0909. The number of methoxy groups -OCH3 is 1. The number of nitrogens with one attached hydrogen (secondary N) is 1. The van der Waals surface area contributed by atoms with Crippen LogP contribution in [0.2, 0.25) is 0 Å². The minimum absolute atomic E-state index is 0.149. The number of thioether (sulfide) groups is 1. The number of fused-ring (bicyclic) bond motifs is 1. The van der Waals surface area contributed by atoms with Gasteiger partial charge in [0, 0.05) is 5.69 Å². The standard InChI is InChI=1S/C22H18N2O3S/c1-26-17-13-11-16(12-14-17)23-21(25)20(15-7-3-2-4-8-15)28-22-24-18-9-5-6-10-19(18)27-22/h2-14,20H,1H3,(H,23,25). The van der Waals surface area contributed by atoms with Crippen molar-refractivity contribution in [3.05, 3.63) is 84.4 Å². The lowest BCUT2D eigenvalue weighted by Gasteiger charge is -2.15. The molecule has 0 spiro atoms. The molecule has 1 unspecified atom stereocenters. The predicted molar refractivity (Wildman–Crippen MR) is 111 cm³/mol. The lowest BCUT2D eigenvalue weighted by atomic mass is 10.1. The van der Waals surface area contributed by atoms with E-state index in [4.69, 9.17) is 9.15 Å². The lowest BCUT2D eigenvalue weighted by Crippen LogP contribution is -2.19. The van der Waals surface area contributed by atoms with Gasteiger partial charge in [0.1, 0.15) is 16.5 Å². The molecule has 1 aromatic heterocycles. The zero-order valence-electron chi connectivity index (χ0n) is 15.2. The maximum absolute atomic E-state index is 13.1. The molecule has 0 bridgehead atoms. The molecule has 1 atom stereocenters. The zero-order chi connectivity index (χ0) is 19.3.